The van der Waals surface area contributed by atoms with Crippen LogP contribution in [0.25, 0.3) is 0 Å². The lowest BCUT2D eigenvalue weighted by Gasteiger charge is -2.13. The summed E-state index contributed by atoms with van der Waals surface area (Å²) in [6.07, 6.45) is 1.32. The predicted octanol–water partition coefficient (Wildman–Crippen LogP) is 1.22. The Labute approximate surface area is 127 Å². The highest BCUT2D eigenvalue weighted by molar-refractivity contribution is 6.07. The van der Waals surface area contributed by atoms with E-state index in [-0.39, 0.29) is 12.5 Å². The SMILES string of the molecule is CCC[C@@H]1NC(=O)N(CC(=O)Nc2ccc(C#N)cc2)C1=O. The van der Waals surface area contributed by atoms with Gasteiger partial charge in [-0.15, -0.1) is 0 Å². The lowest BCUT2D eigenvalue weighted by Crippen LogP contribution is -2.38. The zero-order chi connectivity index (χ0) is 16.1. The van der Waals surface area contributed by atoms with E-state index in [0.717, 1.165) is 11.3 Å². The fraction of sp³-hybridized carbons (Fsp3) is 0.333. The topological polar surface area (TPSA) is 102 Å². The normalized spacial score (nSPS) is 17.1. The van der Waals surface area contributed by atoms with Crippen LogP contribution in [0.1, 0.15) is 25.3 Å². The molecule has 1 saturated heterocycles. The fourth-order valence-electron chi connectivity index (χ4n) is 2.18. The second-order valence-corrected chi connectivity index (χ2v) is 4.95. The van der Waals surface area contributed by atoms with E-state index in [1.165, 1.54) is 0 Å². The van der Waals surface area contributed by atoms with E-state index in [2.05, 4.69) is 10.6 Å². The fourth-order valence-corrected chi connectivity index (χ4v) is 2.18. The van der Waals surface area contributed by atoms with Crippen molar-refractivity contribution in [3.05, 3.63) is 29.8 Å². The highest BCUT2D eigenvalue weighted by Crippen LogP contribution is 2.12. The first-order valence-corrected chi connectivity index (χ1v) is 6.97. The Morgan fingerprint density at radius 1 is 1.36 bits per heavy atom. The van der Waals surface area contributed by atoms with Crippen LogP contribution in [0, 0.1) is 11.3 Å². The molecule has 1 atom stereocenters. The minimum absolute atomic E-state index is 0.328. The maximum Gasteiger partial charge on any atom is 0.325 e. The third kappa shape index (κ3) is 3.41. The molecule has 0 aliphatic carbocycles. The molecule has 1 aliphatic rings. The summed E-state index contributed by atoms with van der Waals surface area (Å²) in [5, 5.41) is 13.8. The third-order valence-electron chi connectivity index (χ3n) is 3.28. The smallest absolute Gasteiger partial charge is 0.325 e. The summed E-state index contributed by atoms with van der Waals surface area (Å²) in [6.45, 7) is 1.59. The summed E-state index contributed by atoms with van der Waals surface area (Å²) >= 11 is 0. The van der Waals surface area contributed by atoms with Crippen LogP contribution >= 0.6 is 0 Å². The van der Waals surface area contributed by atoms with E-state index in [1.807, 2.05) is 13.0 Å². The van der Waals surface area contributed by atoms with Crippen molar-refractivity contribution in [1.29, 1.82) is 5.26 Å². The molecule has 22 heavy (non-hydrogen) atoms. The Balaban J connectivity index is 1.95. The minimum Gasteiger partial charge on any atom is -0.326 e. The largest absolute Gasteiger partial charge is 0.326 e. The lowest BCUT2D eigenvalue weighted by atomic mass is 10.2. The Morgan fingerprint density at radius 2 is 2.05 bits per heavy atom. The average Bonchev–Trinajstić information content (AvgIpc) is 2.76. The molecule has 7 heteroatoms. The number of anilines is 1. The van der Waals surface area contributed by atoms with Crippen molar-refractivity contribution in [3.8, 4) is 6.07 Å². The molecule has 114 valence electrons. The zero-order valence-electron chi connectivity index (χ0n) is 12.1. The maximum atomic E-state index is 12.0. The van der Waals surface area contributed by atoms with Gasteiger partial charge in [0, 0.05) is 5.69 Å². The number of rotatable bonds is 5. The van der Waals surface area contributed by atoms with Gasteiger partial charge in [0.1, 0.15) is 12.6 Å². The van der Waals surface area contributed by atoms with E-state index < -0.39 is 18.0 Å². The second kappa shape index (κ2) is 6.72. The van der Waals surface area contributed by atoms with Crippen molar-refractivity contribution < 1.29 is 14.4 Å². The highest BCUT2D eigenvalue weighted by atomic mass is 16.2. The van der Waals surface area contributed by atoms with E-state index in [4.69, 9.17) is 5.26 Å². The minimum atomic E-state index is -0.543. The predicted molar refractivity (Wildman–Crippen MR) is 78.7 cm³/mol. The van der Waals surface area contributed by atoms with Gasteiger partial charge in [-0.05, 0) is 30.7 Å². The monoisotopic (exact) mass is 300 g/mol. The number of amides is 4. The van der Waals surface area contributed by atoms with Crippen molar-refractivity contribution in [2.45, 2.75) is 25.8 Å². The first-order chi connectivity index (χ1) is 10.5. The molecule has 0 spiro atoms. The van der Waals surface area contributed by atoms with E-state index in [0.29, 0.717) is 17.7 Å². The molecule has 2 N–H and O–H groups in total. The molecule has 4 amide bonds. The quantitative estimate of drug-likeness (QED) is 0.798. The van der Waals surface area contributed by atoms with Gasteiger partial charge in [-0.3, -0.25) is 14.5 Å². The standard InChI is InChI=1S/C15H16N4O3/c1-2-3-12-14(21)19(15(22)18-12)9-13(20)17-11-6-4-10(8-16)5-7-11/h4-7,12H,2-3,9H2,1H3,(H,17,20)(H,18,22)/t12-/m0/s1. The summed E-state index contributed by atoms with van der Waals surface area (Å²) in [4.78, 5) is 36.6. The van der Waals surface area contributed by atoms with Gasteiger partial charge < -0.3 is 10.6 Å². The van der Waals surface area contributed by atoms with Gasteiger partial charge in [0.05, 0.1) is 11.6 Å². The van der Waals surface area contributed by atoms with Crippen LogP contribution in [-0.2, 0) is 9.59 Å². The van der Waals surface area contributed by atoms with Crippen LogP contribution in [0.3, 0.4) is 0 Å². The zero-order valence-corrected chi connectivity index (χ0v) is 12.1. The molecular formula is C15H16N4O3. The molecular weight excluding hydrogens is 284 g/mol. The number of carbonyl (C=O) groups excluding carboxylic acids is 3. The van der Waals surface area contributed by atoms with Crippen LogP contribution in [0.4, 0.5) is 10.5 Å². The number of nitrogens with one attached hydrogen (secondary N) is 2. The molecule has 0 saturated carbocycles. The van der Waals surface area contributed by atoms with E-state index >= 15 is 0 Å². The molecule has 7 nitrogen and oxygen atoms in total. The number of nitriles is 1. The second-order valence-electron chi connectivity index (χ2n) is 4.95. The number of hydrogen-bond acceptors (Lipinski definition) is 4. The Bertz CT molecular complexity index is 633. The summed E-state index contributed by atoms with van der Waals surface area (Å²) in [6, 6.07) is 7.20. The molecule has 0 radical (unpaired) electrons. The van der Waals surface area contributed by atoms with Crippen LogP contribution in [-0.4, -0.2) is 35.3 Å². The Kier molecular flexibility index (Phi) is 4.73. The van der Waals surface area contributed by atoms with Crippen LogP contribution in [0.15, 0.2) is 24.3 Å². The van der Waals surface area contributed by atoms with Crippen molar-refractivity contribution in [2.75, 3.05) is 11.9 Å². The lowest BCUT2D eigenvalue weighted by molar-refractivity contribution is -0.130. The summed E-state index contributed by atoms with van der Waals surface area (Å²) in [5.41, 5.74) is 0.982. The molecule has 2 rings (SSSR count). The van der Waals surface area contributed by atoms with Gasteiger partial charge in [0.25, 0.3) is 5.91 Å². The van der Waals surface area contributed by atoms with Crippen LogP contribution in [0.5, 0.6) is 0 Å². The van der Waals surface area contributed by atoms with Gasteiger partial charge in [-0.1, -0.05) is 13.3 Å². The van der Waals surface area contributed by atoms with Gasteiger partial charge in [0.15, 0.2) is 0 Å². The Morgan fingerprint density at radius 3 is 2.64 bits per heavy atom. The third-order valence-corrected chi connectivity index (χ3v) is 3.28. The summed E-state index contributed by atoms with van der Waals surface area (Å²) in [7, 11) is 0. The number of benzene rings is 1. The van der Waals surface area contributed by atoms with Crippen molar-refractivity contribution in [1.82, 2.24) is 10.2 Å². The molecule has 1 aliphatic heterocycles. The first kappa shape index (κ1) is 15.5. The highest BCUT2D eigenvalue weighted by Gasteiger charge is 2.38. The molecule has 1 heterocycles. The van der Waals surface area contributed by atoms with Crippen molar-refractivity contribution in [3.63, 3.8) is 0 Å². The van der Waals surface area contributed by atoms with Gasteiger partial charge in [-0.25, -0.2) is 4.79 Å². The number of imide groups is 1. The maximum absolute atomic E-state index is 12.0. The van der Waals surface area contributed by atoms with Gasteiger partial charge in [-0.2, -0.15) is 5.26 Å². The number of nitrogens with zero attached hydrogens (tertiary/aromatic N) is 2. The molecule has 1 aromatic rings. The molecule has 0 aromatic heterocycles. The average molecular weight is 300 g/mol. The molecule has 1 fully saturated rings. The Hall–Kier alpha value is -2.88. The van der Waals surface area contributed by atoms with E-state index in [9.17, 15) is 14.4 Å². The van der Waals surface area contributed by atoms with E-state index in [1.54, 1.807) is 24.3 Å². The molecule has 0 unspecified atom stereocenters. The number of carbonyl (C=O) groups is 3. The van der Waals surface area contributed by atoms with Crippen LogP contribution < -0.4 is 10.6 Å². The van der Waals surface area contributed by atoms with Gasteiger partial charge >= 0.3 is 6.03 Å². The van der Waals surface area contributed by atoms with Gasteiger partial charge in [0.2, 0.25) is 5.91 Å². The number of urea groups is 1. The van der Waals surface area contributed by atoms with Crippen molar-refractivity contribution >= 4 is 23.5 Å². The molecule has 1 aromatic carbocycles. The summed E-state index contributed by atoms with van der Waals surface area (Å²) in [5.74, 6) is -0.841. The first-order valence-electron chi connectivity index (χ1n) is 6.97. The van der Waals surface area contributed by atoms with Crippen molar-refractivity contribution in [2.24, 2.45) is 0 Å². The number of hydrogen-bond donors (Lipinski definition) is 2. The molecule has 0 bridgehead atoms. The van der Waals surface area contributed by atoms with Crippen LogP contribution in [0.2, 0.25) is 0 Å². The summed E-state index contributed by atoms with van der Waals surface area (Å²) < 4.78 is 0.